The number of hydrogen-bond acceptors (Lipinski definition) is 3. The molecule has 5 nitrogen and oxygen atoms in total. The van der Waals surface area contributed by atoms with Gasteiger partial charge in [0.15, 0.2) is 5.76 Å². The van der Waals surface area contributed by atoms with Gasteiger partial charge in [-0.2, -0.15) is 5.10 Å². The minimum Gasteiger partial charge on any atom is -0.451 e. The van der Waals surface area contributed by atoms with E-state index in [2.05, 4.69) is 10.2 Å². The van der Waals surface area contributed by atoms with Gasteiger partial charge in [-0.15, -0.1) is 0 Å². The molecule has 1 amide bonds. The Morgan fingerprint density at radius 2 is 2.23 bits per heavy atom. The van der Waals surface area contributed by atoms with Crippen molar-refractivity contribution in [2.45, 2.75) is 19.3 Å². The molecule has 1 fully saturated rings. The van der Waals surface area contributed by atoms with Crippen LogP contribution in [0.3, 0.4) is 0 Å². The zero-order chi connectivity index (χ0) is 15.1. The van der Waals surface area contributed by atoms with Gasteiger partial charge in [0.1, 0.15) is 5.58 Å². The van der Waals surface area contributed by atoms with Gasteiger partial charge >= 0.3 is 0 Å². The van der Waals surface area contributed by atoms with Gasteiger partial charge in [0.05, 0.1) is 0 Å². The van der Waals surface area contributed by atoms with Crippen LogP contribution in [0.25, 0.3) is 11.0 Å². The molecule has 0 aliphatic carbocycles. The number of carbonyl (C=O) groups is 1. The molecule has 3 heterocycles. The minimum absolute atomic E-state index is 0.0179. The lowest BCUT2D eigenvalue weighted by atomic mass is 10.1. The number of carbonyl (C=O) groups excluding carboxylic acids is 1. The number of nitrogens with one attached hydrogen (secondary N) is 1. The number of rotatable bonds is 2. The number of likely N-dealkylation sites (tertiary alicyclic amines) is 1. The second kappa shape index (κ2) is 5.02. The number of aryl methyl sites for hydroxylation is 1. The topological polar surface area (TPSA) is 62.1 Å². The number of H-pyrrole nitrogens is 1. The average Bonchev–Trinajstić information content (AvgIpc) is 3.26. The fourth-order valence-electron chi connectivity index (χ4n) is 3.21. The summed E-state index contributed by atoms with van der Waals surface area (Å²) in [6, 6.07) is 9.75. The lowest BCUT2D eigenvalue weighted by Gasteiger charge is -2.15. The Bertz CT molecular complexity index is 820. The molecule has 1 saturated heterocycles. The molecule has 0 saturated carbocycles. The van der Waals surface area contributed by atoms with Crippen LogP contribution in [-0.2, 0) is 0 Å². The highest BCUT2D eigenvalue weighted by Gasteiger charge is 2.31. The van der Waals surface area contributed by atoms with E-state index in [1.807, 2.05) is 42.2 Å². The fourth-order valence-corrected chi connectivity index (χ4v) is 3.21. The molecule has 3 aromatic rings. The third-order valence-electron chi connectivity index (χ3n) is 4.48. The van der Waals surface area contributed by atoms with E-state index in [1.54, 1.807) is 6.20 Å². The van der Waals surface area contributed by atoms with Crippen molar-refractivity contribution in [3.05, 3.63) is 53.5 Å². The number of benzene rings is 1. The first kappa shape index (κ1) is 13.1. The SMILES string of the molecule is Cc1c(C(=O)N2CC[C@H](c3ccn[nH]3)C2)oc2ccccc12. The number of aromatic amines is 1. The van der Waals surface area contributed by atoms with Gasteiger partial charge in [0, 0.05) is 41.8 Å². The summed E-state index contributed by atoms with van der Waals surface area (Å²) in [5.74, 6) is 0.776. The van der Waals surface area contributed by atoms with E-state index in [0.717, 1.165) is 35.2 Å². The largest absolute Gasteiger partial charge is 0.451 e. The second-order valence-electron chi connectivity index (χ2n) is 5.80. The Balaban J connectivity index is 1.60. The number of hydrogen-bond donors (Lipinski definition) is 1. The Kier molecular flexibility index (Phi) is 2.99. The van der Waals surface area contributed by atoms with Crippen molar-refractivity contribution in [1.29, 1.82) is 0 Å². The predicted octanol–water partition coefficient (Wildman–Crippen LogP) is 3.09. The Morgan fingerprint density at radius 1 is 1.36 bits per heavy atom. The van der Waals surface area contributed by atoms with Gasteiger partial charge in [0.25, 0.3) is 5.91 Å². The summed E-state index contributed by atoms with van der Waals surface area (Å²) >= 11 is 0. The van der Waals surface area contributed by atoms with Crippen LogP contribution in [0.15, 0.2) is 40.9 Å². The summed E-state index contributed by atoms with van der Waals surface area (Å²) in [6.45, 7) is 3.40. The summed E-state index contributed by atoms with van der Waals surface area (Å²) in [5, 5.41) is 8.00. The van der Waals surface area contributed by atoms with Crippen LogP contribution in [0.2, 0.25) is 0 Å². The van der Waals surface area contributed by atoms with Crippen LogP contribution < -0.4 is 0 Å². The van der Waals surface area contributed by atoms with E-state index in [0.29, 0.717) is 18.2 Å². The summed E-state index contributed by atoms with van der Waals surface area (Å²) < 4.78 is 5.79. The predicted molar refractivity (Wildman–Crippen MR) is 82.8 cm³/mol. The van der Waals surface area contributed by atoms with Crippen LogP contribution in [0.4, 0.5) is 0 Å². The summed E-state index contributed by atoms with van der Waals surface area (Å²) in [7, 11) is 0. The maximum absolute atomic E-state index is 12.8. The molecule has 22 heavy (non-hydrogen) atoms. The highest BCUT2D eigenvalue weighted by molar-refractivity contribution is 5.99. The normalized spacial score (nSPS) is 18.2. The molecule has 0 bridgehead atoms. The van der Waals surface area contributed by atoms with Gasteiger partial charge < -0.3 is 9.32 Å². The maximum atomic E-state index is 12.8. The first-order valence-corrected chi connectivity index (χ1v) is 7.50. The molecule has 1 aliphatic rings. The maximum Gasteiger partial charge on any atom is 0.289 e. The van der Waals surface area contributed by atoms with E-state index in [4.69, 9.17) is 4.42 Å². The average molecular weight is 295 g/mol. The van der Waals surface area contributed by atoms with Gasteiger partial charge in [-0.05, 0) is 25.5 Å². The third-order valence-corrected chi connectivity index (χ3v) is 4.48. The van der Waals surface area contributed by atoms with E-state index >= 15 is 0 Å². The quantitative estimate of drug-likeness (QED) is 0.790. The first-order valence-electron chi connectivity index (χ1n) is 7.50. The smallest absolute Gasteiger partial charge is 0.289 e. The van der Waals surface area contributed by atoms with E-state index < -0.39 is 0 Å². The fraction of sp³-hybridized carbons (Fsp3) is 0.294. The molecule has 112 valence electrons. The molecule has 1 N–H and O–H groups in total. The number of furan rings is 1. The van der Waals surface area contributed by atoms with E-state index in [-0.39, 0.29) is 5.91 Å². The van der Waals surface area contributed by atoms with Crippen molar-refractivity contribution < 1.29 is 9.21 Å². The van der Waals surface area contributed by atoms with Crippen LogP contribution >= 0.6 is 0 Å². The molecule has 1 aromatic carbocycles. The van der Waals surface area contributed by atoms with Crippen LogP contribution in [-0.4, -0.2) is 34.1 Å². The Morgan fingerprint density at radius 3 is 3.00 bits per heavy atom. The summed E-state index contributed by atoms with van der Waals surface area (Å²) in [6.07, 6.45) is 2.70. The van der Waals surface area contributed by atoms with Crippen molar-refractivity contribution in [3.63, 3.8) is 0 Å². The zero-order valence-electron chi connectivity index (χ0n) is 12.4. The van der Waals surface area contributed by atoms with Crippen LogP contribution in [0.5, 0.6) is 0 Å². The number of aromatic nitrogens is 2. The molecule has 0 unspecified atom stereocenters. The molecule has 5 heteroatoms. The van der Waals surface area contributed by atoms with Crippen LogP contribution in [0, 0.1) is 6.92 Å². The summed E-state index contributed by atoms with van der Waals surface area (Å²) in [4.78, 5) is 14.6. The lowest BCUT2D eigenvalue weighted by Crippen LogP contribution is -2.28. The summed E-state index contributed by atoms with van der Waals surface area (Å²) in [5.41, 5.74) is 2.79. The zero-order valence-corrected chi connectivity index (χ0v) is 12.4. The van der Waals surface area contributed by atoms with Crippen molar-refractivity contribution in [3.8, 4) is 0 Å². The molecule has 0 radical (unpaired) electrons. The number of nitrogens with zero attached hydrogens (tertiary/aromatic N) is 2. The highest BCUT2D eigenvalue weighted by Crippen LogP contribution is 2.30. The number of amides is 1. The van der Waals surface area contributed by atoms with Gasteiger partial charge in [-0.3, -0.25) is 9.89 Å². The molecule has 2 aromatic heterocycles. The first-order chi connectivity index (χ1) is 10.7. The van der Waals surface area contributed by atoms with Crippen LogP contribution in [0.1, 0.15) is 34.2 Å². The van der Waals surface area contributed by atoms with Crippen molar-refractivity contribution in [2.75, 3.05) is 13.1 Å². The third kappa shape index (κ3) is 2.01. The number of para-hydroxylation sites is 1. The van der Waals surface area contributed by atoms with Gasteiger partial charge in [-0.25, -0.2) is 0 Å². The Labute approximate surface area is 127 Å². The van der Waals surface area contributed by atoms with Crippen molar-refractivity contribution in [1.82, 2.24) is 15.1 Å². The monoisotopic (exact) mass is 295 g/mol. The van der Waals surface area contributed by atoms with Crippen molar-refractivity contribution >= 4 is 16.9 Å². The molecule has 4 rings (SSSR count). The molecule has 1 aliphatic heterocycles. The molecular formula is C17H17N3O2. The lowest BCUT2D eigenvalue weighted by molar-refractivity contribution is 0.0760. The molecular weight excluding hydrogens is 278 g/mol. The van der Waals surface area contributed by atoms with E-state index in [9.17, 15) is 4.79 Å². The molecule has 0 spiro atoms. The number of fused-ring (bicyclic) bond motifs is 1. The van der Waals surface area contributed by atoms with Crippen molar-refractivity contribution in [2.24, 2.45) is 0 Å². The van der Waals surface area contributed by atoms with Gasteiger partial charge in [0.2, 0.25) is 0 Å². The highest BCUT2D eigenvalue weighted by atomic mass is 16.3. The van der Waals surface area contributed by atoms with Gasteiger partial charge in [-0.1, -0.05) is 18.2 Å². The standard InChI is InChI=1S/C17H17N3O2/c1-11-13-4-2-3-5-15(13)22-16(11)17(21)20-9-7-12(10-20)14-6-8-18-19-14/h2-6,8,12H,7,9-10H2,1H3,(H,18,19)/t12-/m0/s1. The molecule has 1 atom stereocenters. The second-order valence-corrected chi connectivity index (χ2v) is 5.80. The van der Waals surface area contributed by atoms with E-state index in [1.165, 1.54) is 0 Å². The minimum atomic E-state index is -0.0179. The Hall–Kier alpha value is -2.56.